The second-order valence-corrected chi connectivity index (χ2v) is 8.19. The normalized spacial score (nSPS) is 14.0. The van der Waals surface area contributed by atoms with Gasteiger partial charge in [-0.05, 0) is 51.0 Å². The van der Waals surface area contributed by atoms with Crippen LogP contribution >= 0.6 is 0 Å². The van der Waals surface area contributed by atoms with Crippen LogP contribution in [0.1, 0.15) is 51.1 Å². The minimum atomic E-state index is -0.492. The van der Waals surface area contributed by atoms with E-state index in [4.69, 9.17) is 9.47 Å². The summed E-state index contributed by atoms with van der Waals surface area (Å²) in [5.74, 6) is 0.770. The number of nitrogens with zero attached hydrogens (tertiary/aromatic N) is 2. The highest BCUT2D eigenvalue weighted by atomic mass is 16.6. The second kappa shape index (κ2) is 8.73. The van der Waals surface area contributed by atoms with E-state index in [9.17, 15) is 10.1 Å². The monoisotopic (exact) mass is 417 g/mol. The SMILES string of the molecule is COc1ccc2c(C#N)c(-c3cccc(NC(=O)OC(C)C)c3)n(C3CCCC3)c2c1. The lowest BCUT2D eigenvalue weighted by molar-refractivity contribution is 0.130. The number of nitriles is 1. The highest BCUT2D eigenvalue weighted by molar-refractivity contribution is 5.96. The van der Waals surface area contributed by atoms with Crippen LogP contribution in [0.4, 0.5) is 10.5 Å². The maximum Gasteiger partial charge on any atom is 0.411 e. The van der Waals surface area contributed by atoms with E-state index in [1.165, 1.54) is 12.8 Å². The predicted octanol–water partition coefficient (Wildman–Crippen LogP) is 6.26. The lowest BCUT2D eigenvalue weighted by atomic mass is 10.0. The van der Waals surface area contributed by atoms with E-state index >= 15 is 0 Å². The maximum absolute atomic E-state index is 12.1. The predicted molar refractivity (Wildman–Crippen MR) is 121 cm³/mol. The van der Waals surface area contributed by atoms with Gasteiger partial charge < -0.3 is 14.0 Å². The van der Waals surface area contributed by atoms with Crippen LogP contribution in [0.3, 0.4) is 0 Å². The summed E-state index contributed by atoms with van der Waals surface area (Å²) in [7, 11) is 1.65. The number of hydrogen-bond donors (Lipinski definition) is 1. The number of nitrogens with one attached hydrogen (secondary N) is 1. The molecule has 0 spiro atoms. The van der Waals surface area contributed by atoms with Gasteiger partial charge >= 0.3 is 6.09 Å². The van der Waals surface area contributed by atoms with E-state index in [0.717, 1.165) is 40.8 Å². The quantitative estimate of drug-likeness (QED) is 0.531. The van der Waals surface area contributed by atoms with E-state index in [-0.39, 0.29) is 6.10 Å². The zero-order valence-electron chi connectivity index (χ0n) is 18.1. The van der Waals surface area contributed by atoms with Crippen LogP contribution in [0.15, 0.2) is 42.5 Å². The lowest BCUT2D eigenvalue weighted by Crippen LogP contribution is -2.18. The number of hydrogen-bond acceptors (Lipinski definition) is 4. The Balaban J connectivity index is 1.87. The zero-order chi connectivity index (χ0) is 22.0. The molecule has 0 unspecified atom stereocenters. The van der Waals surface area contributed by atoms with Crippen LogP contribution < -0.4 is 10.1 Å². The molecule has 1 N–H and O–H groups in total. The molecule has 1 saturated carbocycles. The molecule has 1 heterocycles. The minimum absolute atomic E-state index is 0.201. The number of carbonyl (C=O) groups is 1. The molecule has 0 saturated heterocycles. The Labute approximate surface area is 182 Å². The van der Waals surface area contributed by atoms with Crippen LogP contribution in [0.5, 0.6) is 5.75 Å². The third-order valence-electron chi connectivity index (χ3n) is 5.74. The fourth-order valence-corrected chi connectivity index (χ4v) is 4.46. The summed E-state index contributed by atoms with van der Waals surface area (Å²) in [6.07, 6.45) is 3.83. The van der Waals surface area contributed by atoms with Gasteiger partial charge in [-0.3, -0.25) is 5.32 Å². The van der Waals surface area contributed by atoms with Crippen molar-refractivity contribution < 1.29 is 14.3 Å². The fraction of sp³-hybridized carbons (Fsp3) is 0.360. The molecule has 31 heavy (non-hydrogen) atoms. The number of methoxy groups -OCH3 is 1. The summed E-state index contributed by atoms with van der Waals surface area (Å²) in [5.41, 5.74) is 4.06. The number of benzene rings is 2. The molecular weight excluding hydrogens is 390 g/mol. The summed E-state index contributed by atoms with van der Waals surface area (Å²) in [5, 5.41) is 13.8. The summed E-state index contributed by atoms with van der Waals surface area (Å²) in [4.78, 5) is 12.1. The summed E-state index contributed by atoms with van der Waals surface area (Å²) in [6.45, 7) is 3.62. The Morgan fingerprint density at radius 2 is 1.97 bits per heavy atom. The summed E-state index contributed by atoms with van der Waals surface area (Å²) in [6, 6.07) is 16.2. The van der Waals surface area contributed by atoms with Crippen LogP contribution in [-0.4, -0.2) is 23.9 Å². The maximum atomic E-state index is 12.1. The van der Waals surface area contributed by atoms with Crippen LogP contribution in [0.25, 0.3) is 22.2 Å². The van der Waals surface area contributed by atoms with Crippen molar-refractivity contribution in [2.75, 3.05) is 12.4 Å². The number of amides is 1. The molecule has 3 aromatic rings. The average Bonchev–Trinajstić information content (AvgIpc) is 3.38. The smallest absolute Gasteiger partial charge is 0.411 e. The molecule has 6 heteroatoms. The van der Waals surface area contributed by atoms with Gasteiger partial charge in [-0.15, -0.1) is 0 Å². The van der Waals surface area contributed by atoms with E-state index in [2.05, 4.69) is 16.0 Å². The molecule has 0 radical (unpaired) electrons. The Morgan fingerprint density at radius 1 is 1.19 bits per heavy atom. The summed E-state index contributed by atoms with van der Waals surface area (Å²) >= 11 is 0. The first-order valence-corrected chi connectivity index (χ1v) is 10.7. The van der Waals surface area contributed by atoms with Crippen molar-refractivity contribution >= 4 is 22.7 Å². The summed E-state index contributed by atoms with van der Waals surface area (Å²) < 4.78 is 13.0. The molecule has 1 aliphatic carbocycles. The topological polar surface area (TPSA) is 76.3 Å². The highest BCUT2D eigenvalue weighted by Gasteiger charge is 2.26. The van der Waals surface area contributed by atoms with Gasteiger partial charge in [0.25, 0.3) is 0 Å². The molecule has 0 bridgehead atoms. The van der Waals surface area contributed by atoms with E-state index in [1.807, 2.05) is 56.3 Å². The van der Waals surface area contributed by atoms with Crippen molar-refractivity contribution in [3.8, 4) is 23.1 Å². The van der Waals surface area contributed by atoms with Crippen LogP contribution in [0, 0.1) is 11.3 Å². The highest BCUT2D eigenvalue weighted by Crippen LogP contribution is 2.42. The standard InChI is InChI=1S/C25H27N3O3/c1-16(2)31-25(29)27-18-8-6-7-17(13-18)24-22(15-26)21-12-11-20(30-3)14-23(21)28(24)19-9-4-5-10-19/h6-8,11-14,16,19H,4-5,9-10H2,1-3H3,(H,27,29). The van der Waals surface area contributed by atoms with Crippen molar-refractivity contribution in [3.63, 3.8) is 0 Å². The average molecular weight is 418 g/mol. The number of ether oxygens (including phenoxy) is 2. The molecule has 6 nitrogen and oxygen atoms in total. The van der Waals surface area contributed by atoms with E-state index in [1.54, 1.807) is 7.11 Å². The Bertz CT molecular complexity index is 1150. The molecular formula is C25H27N3O3. The van der Waals surface area contributed by atoms with Gasteiger partial charge in [0.05, 0.1) is 30.0 Å². The second-order valence-electron chi connectivity index (χ2n) is 8.19. The first-order valence-electron chi connectivity index (χ1n) is 10.7. The number of fused-ring (bicyclic) bond motifs is 1. The van der Waals surface area contributed by atoms with E-state index < -0.39 is 6.09 Å². The van der Waals surface area contributed by atoms with Gasteiger partial charge in [0, 0.05) is 28.7 Å². The van der Waals surface area contributed by atoms with Gasteiger partial charge in [-0.25, -0.2) is 4.79 Å². The Morgan fingerprint density at radius 3 is 2.65 bits per heavy atom. The first kappa shape index (κ1) is 20.8. The number of rotatable bonds is 5. The lowest BCUT2D eigenvalue weighted by Gasteiger charge is -2.19. The molecule has 1 aromatic heterocycles. The molecule has 4 rings (SSSR count). The molecule has 1 fully saturated rings. The van der Waals surface area contributed by atoms with Crippen molar-refractivity contribution in [2.45, 2.75) is 51.7 Å². The van der Waals surface area contributed by atoms with Crippen molar-refractivity contribution in [3.05, 3.63) is 48.0 Å². The Hall–Kier alpha value is -3.46. The fourth-order valence-electron chi connectivity index (χ4n) is 4.46. The zero-order valence-corrected chi connectivity index (χ0v) is 18.1. The van der Waals surface area contributed by atoms with Crippen molar-refractivity contribution in [2.24, 2.45) is 0 Å². The molecule has 1 aliphatic rings. The minimum Gasteiger partial charge on any atom is -0.497 e. The van der Waals surface area contributed by atoms with E-state index in [0.29, 0.717) is 17.3 Å². The Kier molecular flexibility index (Phi) is 5.85. The molecule has 0 aliphatic heterocycles. The third kappa shape index (κ3) is 4.09. The first-order chi connectivity index (χ1) is 15.0. The van der Waals surface area contributed by atoms with Crippen molar-refractivity contribution in [1.82, 2.24) is 4.57 Å². The van der Waals surface area contributed by atoms with Crippen LogP contribution in [-0.2, 0) is 4.74 Å². The van der Waals surface area contributed by atoms with Crippen molar-refractivity contribution in [1.29, 1.82) is 5.26 Å². The molecule has 160 valence electrons. The number of anilines is 1. The number of aromatic nitrogens is 1. The largest absolute Gasteiger partial charge is 0.497 e. The van der Waals surface area contributed by atoms with Gasteiger partial charge in [0.2, 0.25) is 0 Å². The third-order valence-corrected chi connectivity index (χ3v) is 5.74. The van der Waals surface area contributed by atoms with Gasteiger partial charge in [-0.2, -0.15) is 5.26 Å². The molecule has 2 aromatic carbocycles. The van der Waals surface area contributed by atoms with Gasteiger partial charge in [-0.1, -0.05) is 25.0 Å². The van der Waals surface area contributed by atoms with Crippen LogP contribution in [0.2, 0.25) is 0 Å². The number of carbonyl (C=O) groups excluding carboxylic acids is 1. The molecule has 0 atom stereocenters. The molecule has 1 amide bonds. The van der Waals surface area contributed by atoms with Gasteiger partial charge in [0.1, 0.15) is 11.8 Å². The van der Waals surface area contributed by atoms with Gasteiger partial charge in [0.15, 0.2) is 0 Å².